The Labute approximate surface area is 118 Å². The molecule has 0 amide bonds. The molecule has 0 fully saturated rings. The minimum Gasteiger partial charge on any atom is -0.267 e. The summed E-state index contributed by atoms with van der Waals surface area (Å²) in [6, 6.07) is 9.51. The quantitative estimate of drug-likeness (QED) is 0.862. The average Bonchev–Trinajstić information content (AvgIpc) is 2.85. The van der Waals surface area contributed by atoms with Crippen molar-refractivity contribution in [3.63, 3.8) is 0 Å². The predicted molar refractivity (Wildman–Crippen MR) is 76.4 cm³/mol. The number of rotatable bonds is 3. The second kappa shape index (κ2) is 5.03. The lowest BCUT2D eigenvalue weighted by molar-refractivity contribution is 0.326. The second-order valence-corrected chi connectivity index (χ2v) is 7.09. The van der Waals surface area contributed by atoms with E-state index in [1.807, 2.05) is 41.9 Å². The zero-order valence-corrected chi connectivity index (χ0v) is 12.2. The van der Waals surface area contributed by atoms with Crippen molar-refractivity contribution in [2.24, 2.45) is 0 Å². The van der Waals surface area contributed by atoms with E-state index in [1.54, 1.807) is 10.5 Å². The summed E-state index contributed by atoms with van der Waals surface area (Å²) < 4.78 is 28.4. The third kappa shape index (κ3) is 2.62. The van der Waals surface area contributed by atoms with Gasteiger partial charge in [-0.1, -0.05) is 29.8 Å². The van der Waals surface area contributed by atoms with Crippen molar-refractivity contribution in [3.05, 3.63) is 53.3 Å². The summed E-state index contributed by atoms with van der Waals surface area (Å²) >= 11 is 0. The molecule has 0 bridgehead atoms. The highest BCUT2D eigenvalue weighted by Crippen LogP contribution is 2.18. The molecule has 2 heterocycles. The number of fused-ring (bicyclic) bond motifs is 1. The van der Waals surface area contributed by atoms with Gasteiger partial charge in [0.05, 0.1) is 24.5 Å². The summed E-state index contributed by atoms with van der Waals surface area (Å²) in [4.78, 5) is 0. The number of hydrogen-bond acceptors (Lipinski definition) is 3. The van der Waals surface area contributed by atoms with Crippen LogP contribution >= 0.6 is 0 Å². The number of aromatic nitrogens is 2. The van der Waals surface area contributed by atoms with E-state index < -0.39 is 10.0 Å². The van der Waals surface area contributed by atoms with Gasteiger partial charge in [0.1, 0.15) is 0 Å². The Kier molecular flexibility index (Phi) is 3.35. The van der Waals surface area contributed by atoms with Crippen molar-refractivity contribution >= 4 is 10.0 Å². The molecule has 2 aromatic rings. The van der Waals surface area contributed by atoms with Gasteiger partial charge >= 0.3 is 0 Å². The van der Waals surface area contributed by atoms with Crippen LogP contribution in [0.15, 0.2) is 36.5 Å². The molecule has 0 unspecified atom stereocenters. The van der Waals surface area contributed by atoms with Crippen molar-refractivity contribution < 1.29 is 8.42 Å². The molecule has 3 rings (SSSR count). The van der Waals surface area contributed by atoms with Gasteiger partial charge < -0.3 is 0 Å². The first-order valence-electron chi connectivity index (χ1n) is 6.59. The standard InChI is InChI=1S/C14H17N3O2S/c1-12-3-2-4-13(9-12)11-20(18,19)16-7-8-17-14(10-16)5-6-15-17/h2-6,9H,7-8,10-11H2,1H3. The van der Waals surface area contributed by atoms with E-state index in [2.05, 4.69) is 5.10 Å². The van der Waals surface area contributed by atoms with Gasteiger partial charge in [-0.2, -0.15) is 9.40 Å². The molecule has 106 valence electrons. The van der Waals surface area contributed by atoms with E-state index in [1.165, 1.54) is 0 Å². The van der Waals surface area contributed by atoms with Crippen LogP contribution < -0.4 is 0 Å². The maximum Gasteiger partial charge on any atom is 0.218 e. The Morgan fingerprint density at radius 1 is 1.25 bits per heavy atom. The summed E-state index contributed by atoms with van der Waals surface area (Å²) in [5, 5.41) is 4.16. The van der Waals surface area contributed by atoms with Crippen LogP contribution in [0, 0.1) is 6.92 Å². The SMILES string of the molecule is Cc1cccc(CS(=O)(=O)N2CCn3nccc3C2)c1. The van der Waals surface area contributed by atoms with E-state index in [0.29, 0.717) is 19.6 Å². The number of hydrogen-bond donors (Lipinski definition) is 0. The maximum atomic E-state index is 12.5. The van der Waals surface area contributed by atoms with Crippen molar-refractivity contribution in [1.82, 2.24) is 14.1 Å². The molecule has 1 aromatic heterocycles. The smallest absolute Gasteiger partial charge is 0.218 e. The number of benzene rings is 1. The molecule has 1 aromatic carbocycles. The van der Waals surface area contributed by atoms with E-state index in [-0.39, 0.29) is 5.75 Å². The van der Waals surface area contributed by atoms with E-state index in [4.69, 9.17) is 0 Å². The largest absolute Gasteiger partial charge is 0.267 e. The molecule has 1 aliphatic rings. The first kappa shape index (κ1) is 13.3. The predicted octanol–water partition coefficient (Wildman–Crippen LogP) is 1.54. The van der Waals surface area contributed by atoms with Crippen LogP contribution in [0.25, 0.3) is 0 Å². The molecule has 0 spiro atoms. The van der Waals surface area contributed by atoms with Gasteiger partial charge in [-0.3, -0.25) is 4.68 Å². The minimum atomic E-state index is -3.28. The zero-order valence-electron chi connectivity index (χ0n) is 11.4. The van der Waals surface area contributed by atoms with Gasteiger partial charge in [0.2, 0.25) is 10.0 Å². The number of aryl methyl sites for hydroxylation is 1. The summed E-state index contributed by atoms with van der Waals surface area (Å²) in [5.41, 5.74) is 2.86. The Bertz CT molecular complexity index is 722. The fourth-order valence-corrected chi connectivity index (χ4v) is 3.98. The van der Waals surface area contributed by atoms with Gasteiger partial charge in [-0.15, -0.1) is 0 Å². The Morgan fingerprint density at radius 3 is 2.90 bits per heavy atom. The van der Waals surface area contributed by atoms with E-state index in [9.17, 15) is 8.42 Å². The zero-order chi connectivity index (χ0) is 14.2. The summed E-state index contributed by atoms with van der Waals surface area (Å²) in [7, 11) is -3.28. The van der Waals surface area contributed by atoms with Crippen LogP contribution in [0.1, 0.15) is 16.8 Å². The molecule has 5 nitrogen and oxygen atoms in total. The van der Waals surface area contributed by atoms with Crippen LogP contribution in [0.2, 0.25) is 0 Å². The van der Waals surface area contributed by atoms with Gasteiger partial charge in [-0.25, -0.2) is 8.42 Å². The van der Waals surface area contributed by atoms with Crippen molar-refractivity contribution in [2.75, 3.05) is 6.54 Å². The monoisotopic (exact) mass is 291 g/mol. The van der Waals surface area contributed by atoms with Gasteiger partial charge in [0.25, 0.3) is 0 Å². The maximum absolute atomic E-state index is 12.5. The Hall–Kier alpha value is -1.66. The summed E-state index contributed by atoms with van der Waals surface area (Å²) in [6.45, 7) is 3.49. The molecule has 6 heteroatoms. The Balaban J connectivity index is 1.79. The third-order valence-electron chi connectivity index (χ3n) is 3.53. The highest BCUT2D eigenvalue weighted by molar-refractivity contribution is 7.88. The highest BCUT2D eigenvalue weighted by Gasteiger charge is 2.27. The van der Waals surface area contributed by atoms with E-state index >= 15 is 0 Å². The highest BCUT2D eigenvalue weighted by atomic mass is 32.2. The van der Waals surface area contributed by atoms with E-state index in [0.717, 1.165) is 16.8 Å². The first-order chi connectivity index (χ1) is 9.54. The third-order valence-corrected chi connectivity index (χ3v) is 5.33. The molecule has 20 heavy (non-hydrogen) atoms. The molecule has 0 N–H and O–H groups in total. The molecular formula is C14H17N3O2S. The van der Waals surface area contributed by atoms with Crippen LogP contribution in [-0.2, 0) is 28.9 Å². The molecule has 1 aliphatic heterocycles. The lowest BCUT2D eigenvalue weighted by atomic mass is 10.2. The van der Waals surface area contributed by atoms with Gasteiger partial charge in [0, 0.05) is 12.7 Å². The number of sulfonamides is 1. The lowest BCUT2D eigenvalue weighted by Crippen LogP contribution is -2.39. The van der Waals surface area contributed by atoms with Crippen LogP contribution in [-0.4, -0.2) is 29.0 Å². The normalized spacial score (nSPS) is 16.1. The molecule has 0 atom stereocenters. The van der Waals surface area contributed by atoms with Gasteiger partial charge in [-0.05, 0) is 18.6 Å². The van der Waals surface area contributed by atoms with Crippen molar-refractivity contribution in [2.45, 2.75) is 25.8 Å². The van der Waals surface area contributed by atoms with Crippen molar-refractivity contribution in [1.29, 1.82) is 0 Å². The number of nitrogens with zero attached hydrogens (tertiary/aromatic N) is 3. The van der Waals surface area contributed by atoms with Crippen LogP contribution in [0.3, 0.4) is 0 Å². The van der Waals surface area contributed by atoms with Crippen LogP contribution in [0.5, 0.6) is 0 Å². The molecule has 0 aliphatic carbocycles. The summed E-state index contributed by atoms with van der Waals surface area (Å²) in [6.07, 6.45) is 1.71. The molecule has 0 radical (unpaired) electrons. The fourth-order valence-electron chi connectivity index (χ4n) is 2.50. The van der Waals surface area contributed by atoms with Crippen LogP contribution in [0.4, 0.5) is 0 Å². The topological polar surface area (TPSA) is 55.2 Å². The second-order valence-electron chi connectivity index (χ2n) is 5.12. The minimum absolute atomic E-state index is 0.0584. The molecule has 0 saturated heterocycles. The fraction of sp³-hybridized carbons (Fsp3) is 0.357. The lowest BCUT2D eigenvalue weighted by Gasteiger charge is -2.27. The Morgan fingerprint density at radius 2 is 2.10 bits per heavy atom. The molecular weight excluding hydrogens is 274 g/mol. The molecule has 0 saturated carbocycles. The average molecular weight is 291 g/mol. The van der Waals surface area contributed by atoms with Crippen molar-refractivity contribution in [3.8, 4) is 0 Å². The van der Waals surface area contributed by atoms with Gasteiger partial charge in [0.15, 0.2) is 0 Å². The summed E-state index contributed by atoms with van der Waals surface area (Å²) in [5.74, 6) is 0.0584. The first-order valence-corrected chi connectivity index (χ1v) is 8.19.